The molecule has 3 N–H and O–H groups in total. The molecule has 1 rings (SSSR count). The Labute approximate surface area is 60.0 Å². The Morgan fingerprint density at radius 3 is 2.10 bits per heavy atom. The first-order valence-electron chi connectivity index (χ1n) is 3.13. The molecule has 1 saturated heterocycles. The molecule has 0 aliphatic carbocycles. The normalized spacial score (nSPS) is 13.5. The molecule has 4 heteroatoms. The van der Waals surface area contributed by atoms with E-state index in [-0.39, 0.29) is 6.42 Å². The Bertz CT molecular complexity index is 130. The highest BCUT2D eigenvalue weighted by atomic mass is 16.1. The number of primary amides is 1. The van der Waals surface area contributed by atoms with Crippen molar-refractivity contribution < 1.29 is 4.79 Å². The number of nitriles is 1. The summed E-state index contributed by atoms with van der Waals surface area (Å²) in [5, 5.41) is 10.8. The highest BCUT2D eigenvalue weighted by Gasteiger charge is 1.92. The van der Waals surface area contributed by atoms with Crippen LogP contribution in [0.3, 0.4) is 0 Å². The summed E-state index contributed by atoms with van der Waals surface area (Å²) < 4.78 is 0. The van der Waals surface area contributed by atoms with E-state index in [1.165, 1.54) is 19.5 Å². The zero-order valence-electron chi connectivity index (χ0n) is 5.76. The number of hydrogen-bond acceptors (Lipinski definition) is 3. The molecule has 0 radical (unpaired) electrons. The predicted molar refractivity (Wildman–Crippen MR) is 36.9 cm³/mol. The summed E-state index contributed by atoms with van der Waals surface area (Å²) in [7, 11) is 0. The maximum absolute atomic E-state index is 9.60. The van der Waals surface area contributed by atoms with Crippen LogP contribution in [0.1, 0.15) is 12.8 Å². The molecular weight excluding hydrogens is 130 g/mol. The quantitative estimate of drug-likeness (QED) is 0.510. The smallest absolute Gasteiger partial charge is 0.231 e. The van der Waals surface area contributed by atoms with Crippen molar-refractivity contribution in [3.63, 3.8) is 0 Å². The van der Waals surface area contributed by atoms with Gasteiger partial charge in [0.25, 0.3) is 0 Å². The third-order valence-electron chi connectivity index (χ3n) is 0.960. The van der Waals surface area contributed by atoms with E-state index in [1.807, 2.05) is 0 Å². The van der Waals surface area contributed by atoms with Gasteiger partial charge in [-0.25, -0.2) is 0 Å². The Morgan fingerprint density at radius 1 is 1.70 bits per heavy atom. The Kier molecular flexibility index (Phi) is 5.39. The summed E-state index contributed by atoms with van der Waals surface area (Å²) in [5.41, 5.74) is 4.54. The lowest BCUT2D eigenvalue weighted by Gasteiger charge is -2.09. The summed E-state index contributed by atoms with van der Waals surface area (Å²) in [6.07, 6.45) is 1.21. The van der Waals surface area contributed by atoms with Gasteiger partial charge in [0.1, 0.15) is 6.42 Å². The van der Waals surface area contributed by atoms with Gasteiger partial charge in [0.2, 0.25) is 5.91 Å². The number of carbonyl (C=O) groups is 1. The van der Waals surface area contributed by atoms with Crippen LogP contribution in [0.5, 0.6) is 0 Å². The van der Waals surface area contributed by atoms with Crippen LogP contribution in [0.2, 0.25) is 0 Å². The molecule has 4 nitrogen and oxygen atoms in total. The molecule has 1 amide bonds. The van der Waals surface area contributed by atoms with E-state index in [0.717, 1.165) is 0 Å². The molecule has 1 fully saturated rings. The summed E-state index contributed by atoms with van der Waals surface area (Å²) in [4.78, 5) is 9.60. The van der Waals surface area contributed by atoms with Crippen LogP contribution in [0.25, 0.3) is 0 Å². The van der Waals surface area contributed by atoms with Crippen molar-refractivity contribution in [3.8, 4) is 6.07 Å². The second-order valence-corrected chi connectivity index (χ2v) is 1.90. The van der Waals surface area contributed by atoms with E-state index in [4.69, 9.17) is 5.26 Å². The first-order chi connectivity index (χ1) is 4.77. The number of nitrogens with zero attached hydrogens (tertiary/aromatic N) is 1. The summed E-state index contributed by atoms with van der Waals surface area (Å²) >= 11 is 0. The van der Waals surface area contributed by atoms with Crippen LogP contribution >= 0.6 is 0 Å². The number of hydrogen-bond donors (Lipinski definition) is 2. The van der Waals surface area contributed by atoms with Crippen LogP contribution in [0.4, 0.5) is 0 Å². The molecule has 0 unspecified atom stereocenters. The zero-order chi connectivity index (χ0) is 7.82. The fourth-order valence-corrected chi connectivity index (χ4v) is 0.255. The average molecular weight is 141 g/mol. The predicted octanol–water partition coefficient (Wildman–Crippen LogP) is -0.635. The number of amides is 1. The summed E-state index contributed by atoms with van der Waals surface area (Å²) in [6.45, 7) is 2.50. The van der Waals surface area contributed by atoms with Crippen molar-refractivity contribution in [1.82, 2.24) is 5.32 Å². The molecule has 1 heterocycles. The Balaban J connectivity index is 0.000000172. The fraction of sp³-hybridized carbons (Fsp3) is 0.667. The molecule has 56 valence electrons. The maximum Gasteiger partial charge on any atom is 0.231 e. The Hall–Kier alpha value is -1.08. The van der Waals surface area contributed by atoms with Crippen molar-refractivity contribution in [2.24, 2.45) is 5.73 Å². The van der Waals surface area contributed by atoms with Crippen molar-refractivity contribution >= 4 is 5.91 Å². The molecule has 1 aliphatic rings. The molecule has 0 atom stereocenters. The third-order valence-corrected chi connectivity index (χ3v) is 0.960. The number of rotatable bonds is 1. The maximum atomic E-state index is 9.60. The van der Waals surface area contributed by atoms with Crippen molar-refractivity contribution in [1.29, 1.82) is 5.26 Å². The van der Waals surface area contributed by atoms with Gasteiger partial charge in [-0.05, 0) is 19.5 Å². The third kappa shape index (κ3) is 6.92. The van der Waals surface area contributed by atoms with Crippen LogP contribution in [-0.2, 0) is 4.79 Å². The van der Waals surface area contributed by atoms with Crippen molar-refractivity contribution in [2.75, 3.05) is 13.1 Å². The monoisotopic (exact) mass is 141 g/mol. The minimum absolute atomic E-state index is 0.181. The van der Waals surface area contributed by atoms with Gasteiger partial charge >= 0.3 is 0 Å². The molecular formula is C6H11N3O. The SMILES string of the molecule is C1CNC1.N#CCC(N)=O. The second kappa shape index (κ2) is 6.05. The molecule has 0 aromatic carbocycles. The molecule has 0 saturated carbocycles. The van der Waals surface area contributed by atoms with Gasteiger partial charge in [-0.3, -0.25) is 4.79 Å². The fourth-order valence-electron chi connectivity index (χ4n) is 0.255. The highest BCUT2D eigenvalue weighted by molar-refractivity contribution is 5.75. The van der Waals surface area contributed by atoms with Gasteiger partial charge in [-0.2, -0.15) is 5.26 Å². The van der Waals surface area contributed by atoms with Gasteiger partial charge in [0, 0.05) is 0 Å². The standard InChI is InChI=1S/C3H4N2O.C3H7N/c4-2-1-3(5)6;1-2-4-3-1/h1H2,(H2,5,6);4H,1-3H2. The molecule has 0 spiro atoms. The summed E-state index contributed by atoms with van der Waals surface area (Å²) in [5.74, 6) is -0.572. The minimum Gasteiger partial charge on any atom is -0.369 e. The molecule has 0 aromatic heterocycles. The molecule has 0 bridgehead atoms. The lowest BCUT2D eigenvalue weighted by Crippen LogP contribution is -2.29. The van der Waals surface area contributed by atoms with Gasteiger partial charge in [0.15, 0.2) is 0 Å². The number of carbonyl (C=O) groups excluding carboxylic acids is 1. The summed E-state index contributed by atoms with van der Waals surface area (Å²) in [6, 6.07) is 1.59. The van der Waals surface area contributed by atoms with Crippen LogP contribution < -0.4 is 11.1 Å². The van der Waals surface area contributed by atoms with Crippen LogP contribution in [0, 0.1) is 11.3 Å². The minimum atomic E-state index is -0.572. The molecule has 0 aromatic rings. The van der Waals surface area contributed by atoms with Gasteiger partial charge in [-0.15, -0.1) is 0 Å². The molecule has 1 aliphatic heterocycles. The van der Waals surface area contributed by atoms with E-state index < -0.39 is 5.91 Å². The van der Waals surface area contributed by atoms with E-state index in [1.54, 1.807) is 6.07 Å². The first kappa shape index (κ1) is 8.92. The lowest BCUT2D eigenvalue weighted by molar-refractivity contribution is -0.117. The van der Waals surface area contributed by atoms with Crippen LogP contribution in [0.15, 0.2) is 0 Å². The second-order valence-electron chi connectivity index (χ2n) is 1.90. The average Bonchev–Trinajstić information content (AvgIpc) is 1.58. The zero-order valence-corrected chi connectivity index (χ0v) is 5.76. The topological polar surface area (TPSA) is 78.9 Å². The van der Waals surface area contributed by atoms with Gasteiger partial charge in [-0.1, -0.05) is 0 Å². The van der Waals surface area contributed by atoms with Crippen molar-refractivity contribution in [2.45, 2.75) is 12.8 Å². The van der Waals surface area contributed by atoms with E-state index >= 15 is 0 Å². The molecule has 10 heavy (non-hydrogen) atoms. The van der Waals surface area contributed by atoms with Crippen LogP contribution in [-0.4, -0.2) is 19.0 Å². The first-order valence-corrected chi connectivity index (χ1v) is 3.13. The van der Waals surface area contributed by atoms with E-state index in [9.17, 15) is 4.79 Å². The number of nitrogens with one attached hydrogen (secondary N) is 1. The van der Waals surface area contributed by atoms with E-state index in [0.29, 0.717) is 0 Å². The van der Waals surface area contributed by atoms with Gasteiger partial charge < -0.3 is 11.1 Å². The lowest BCUT2D eigenvalue weighted by atomic mass is 10.3. The Morgan fingerprint density at radius 2 is 2.10 bits per heavy atom. The van der Waals surface area contributed by atoms with E-state index in [2.05, 4.69) is 11.1 Å². The highest BCUT2D eigenvalue weighted by Crippen LogP contribution is 1.80. The largest absolute Gasteiger partial charge is 0.369 e. The van der Waals surface area contributed by atoms with Gasteiger partial charge in [0.05, 0.1) is 6.07 Å². The van der Waals surface area contributed by atoms with Crippen molar-refractivity contribution in [3.05, 3.63) is 0 Å². The number of nitrogens with two attached hydrogens (primary N) is 1.